The first kappa shape index (κ1) is 12.4. The van der Waals surface area contributed by atoms with Crippen LogP contribution in [0, 0.1) is 5.82 Å². The minimum absolute atomic E-state index is 0.224. The van der Waals surface area contributed by atoms with Gasteiger partial charge in [-0.1, -0.05) is 6.07 Å². The van der Waals surface area contributed by atoms with E-state index in [0.29, 0.717) is 17.9 Å². The molecule has 94 valence electrons. The Labute approximate surface area is 105 Å². The van der Waals surface area contributed by atoms with Gasteiger partial charge in [0.05, 0.1) is 11.7 Å². The second kappa shape index (κ2) is 5.55. The topological polar surface area (TPSA) is 63.8 Å². The molecule has 5 heteroatoms. The van der Waals surface area contributed by atoms with Crippen molar-refractivity contribution in [3.05, 3.63) is 53.7 Å². The van der Waals surface area contributed by atoms with Crippen molar-refractivity contribution in [3.8, 4) is 0 Å². The van der Waals surface area contributed by atoms with E-state index in [2.05, 4.69) is 15.3 Å². The maximum Gasteiger partial charge on any atom is 0.146 e. The fraction of sp³-hybridized carbons (Fsp3) is 0.231. The van der Waals surface area contributed by atoms with Gasteiger partial charge in [0, 0.05) is 12.4 Å². The molecule has 3 N–H and O–H groups in total. The molecule has 0 fully saturated rings. The average molecular weight is 246 g/mol. The van der Waals surface area contributed by atoms with Gasteiger partial charge in [-0.25, -0.2) is 9.37 Å². The Balaban J connectivity index is 2.26. The molecule has 2 rings (SSSR count). The van der Waals surface area contributed by atoms with E-state index < -0.39 is 0 Å². The molecular formula is C13H15FN4. The predicted molar refractivity (Wildman–Crippen MR) is 68.3 cm³/mol. The third kappa shape index (κ3) is 2.62. The summed E-state index contributed by atoms with van der Waals surface area (Å²) in [6.45, 7) is 0. The Morgan fingerprint density at radius 3 is 2.67 bits per heavy atom. The smallest absolute Gasteiger partial charge is 0.146 e. The highest BCUT2D eigenvalue weighted by atomic mass is 19.1. The number of likely N-dealkylation sites (N-methyl/N-ethyl adjacent to an activating group) is 1. The quantitative estimate of drug-likeness (QED) is 0.862. The van der Waals surface area contributed by atoms with Gasteiger partial charge >= 0.3 is 0 Å². The zero-order valence-corrected chi connectivity index (χ0v) is 10.1. The van der Waals surface area contributed by atoms with E-state index in [-0.39, 0.29) is 11.9 Å². The lowest BCUT2D eigenvalue weighted by atomic mass is 10.0. The molecule has 1 unspecified atom stereocenters. The van der Waals surface area contributed by atoms with Gasteiger partial charge in [-0.05, 0) is 37.2 Å². The van der Waals surface area contributed by atoms with Crippen LogP contribution in [0.15, 0.2) is 36.7 Å². The van der Waals surface area contributed by atoms with Crippen molar-refractivity contribution in [1.82, 2.24) is 15.3 Å². The van der Waals surface area contributed by atoms with E-state index in [0.717, 1.165) is 5.56 Å². The van der Waals surface area contributed by atoms with Crippen LogP contribution in [-0.4, -0.2) is 17.0 Å². The molecule has 0 aromatic carbocycles. The van der Waals surface area contributed by atoms with Crippen LogP contribution in [0.3, 0.4) is 0 Å². The highest BCUT2D eigenvalue weighted by molar-refractivity contribution is 5.39. The number of halogens is 1. The zero-order chi connectivity index (χ0) is 13.0. The molecule has 0 amide bonds. The maximum atomic E-state index is 13.7. The van der Waals surface area contributed by atoms with E-state index in [4.69, 9.17) is 5.73 Å². The molecule has 1 atom stereocenters. The third-order valence-electron chi connectivity index (χ3n) is 2.82. The fourth-order valence-electron chi connectivity index (χ4n) is 1.83. The summed E-state index contributed by atoms with van der Waals surface area (Å²) in [5.41, 5.74) is 7.06. The number of nitrogens with one attached hydrogen (secondary N) is 1. The highest BCUT2D eigenvalue weighted by Crippen LogP contribution is 2.20. The van der Waals surface area contributed by atoms with Crippen LogP contribution in [0.4, 0.5) is 10.2 Å². The summed E-state index contributed by atoms with van der Waals surface area (Å²) in [5.74, 6) is 0.147. The molecule has 18 heavy (non-hydrogen) atoms. The summed E-state index contributed by atoms with van der Waals surface area (Å²) in [7, 11) is 1.77. The highest BCUT2D eigenvalue weighted by Gasteiger charge is 2.16. The number of anilines is 1. The molecule has 0 aliphatic carbocycles. The number of nitrogen functional groups attached to an aromatic ring is 1. The molecule has 0 spiro atoms. The van der Waals surface area contributed by atoms with Crippen LogP contribution in [0.5, 0.6) is 0 Å². The number of hydrogen-bond donors (Lipinski definition) is 2. The first-order valence-corrected chi connectivity index (χ1v) is 5.69. The summed E-state index contributed by atoms with van der Waals surface area (Å²) in [4.78, 5) is 8.09. The summed E-state index contributed by atoms with van der Waals surface area (Å²) in [6, 6.07) is 6.45. The lowest BCUT2D eigenvalue weighted by Crippen LogP contribution is -2.22. The van der Waals surface area contributed by atoms with Gasteiger partial charge in [-0.15, -0.1) is 0 Å². The number of nitrogens with zero attached hydrogens (tertiary/aromatic N) is 2. The monoisotopic (exact) mass is 246 g/mol. The third-order valence-corrected chi connectivity index (χ3v) is 2.82. The maximum absolute atomic E-state index is 13.7. The zero-order valence-electron chi connectivity index (χ0n) is 10.1. The van der Waals surface area contributed by atoms with Crippen LogP contribution in [0.1, 0.15) is 17.3 Å². The molecule has 2 heterocycles. The first-order chi connectivity index (χ1) is 8.72. The second-order valence-corrected chi connectivity index (χ2v) is 3.96. The SMILES string of the molecule is CNC(Cc1cccnc1N)c1ncccc1F. The van der Waals surface area contributed by atoms with Crippen LogP contribution < -0.4 is 11.1 Å². The van der Waals surface area contributed by atoms with Crippen molar-refractivity contribution >= 4 is 5.82 Å². The van der Waals surface area contributed by atoms with E-state index in [1.165, 1.54) is 6.07 Å². The minimum atomic E-state index is -0.320. The number of nitrogens with two attached hydrogens (primary N) is 1. The number of aromatic nitrogens is 2. The normalized spacial score (nSPS) is 12.3. The van der Waals surface area contributed by atoms with E-state index in [1.54, 1.807) is 25.5 Å². The van der Waals surface area contributed by atoms with Crippen molar-refractivity contribution in [2.24, 2.45) is 0 Å². The largest absolute Gasteiger partial charge is 0.383 e. The molecule has 2 aromatic rings. The summed E-state index contributed by atoms with van der Waals surface area (Å²) >= 11 is 0. The summed E-state index contributed by atoms with van der Waals surface area (Å²) < 4.78 is 13.7. The Morgan fingerprint density at radius 2 is 2.00 bits per heavy atom. The van der Waals surface area contributed by atoms with Crippen molar-refractivity contribution in [1.29, 1.82) is 0 Å². The molecule has 2 aromatic heterocycles. The van der Waals surface area contributed by atoms with Crippen LogP contribution in [-0.2, 0) is 6.42 Å². The van der Waals surface area contributed by atoms with Gasteiger partial charge in [-0.3, -0.25) is 4.98 Å². The molecule has 0 bridgehead atoms. The van der Waals surface area contributed by atoms with E-state index in [9.17, 15) is 4.39 Å². The van der Waals surface area contributed by atoms with Gasteiger partial charge < -0.3 is 11.1 Å². The molecule has 0 aliphatic rings. The van der Waals surface area contributed by atoms with Gasteiger partial charge in [0.25, 0.3) is 0 Å². The molecular weight excluding hydrogens is 231 g/mol. The minimum Gasteiger partial charge on any atom is -0.383 e. The van der Waals surface area contributed by atoms with Crippen molar-refractivity contribution in [3.63, 3.8) is 0 Å². The molecule has 0 saturated carbocycles. The van der Waals surface area contributed by atoms with Crippen molar-refractivity contribution in [2.75, 3.05) is 12.8 Å². The number of rotatable bonds is 4. The Bertz CT molecular complexity index is 530. The van der Waals surface area contributed by atoms with Gasteiger partial charge in [-0.2, -0.15) is 0 Å². The predicted octanol–water partition coefficient (Wildman–Crippen LogP) is 1.70. The molecule has 4 nitrogen and oxygen atoms in total. The van der Waals surface area contributed by atoms with Crippen molar-refractivity contribution < 1.29 is 4.39 Å². The van der Waals surface area contributed by atoms with Gasteiger partial charge in [0.2, 0.25) is 0 Å². The lowest BCUT2D eigenvalue weighted by molar-refractivity contribution is 0.517. The lowest BCUT2D eigenvalue weighted by Gasteiger charge is -2.16. The molecule has 0 radical (unpaired) electrons. The molecule has 0 aliphatic heterocycles. The fourth-order valence-corrected chi connectivity index (χ4v) is 1.83. The number of hydrogen-bond acceptors (Lipinski definition) is 4. The van der Waals surface area contributed by atoms with Crippen LogP contribution in [0.25, 0.3) is 0 Å². The van der Waals surface area contributed by atoms with E-state index in [1.807, 2.05) is 12.1 Å². The Hall–Kier alpha value is -2.01. The Morgan fingerprint density at radius 1 is 1.28 bits per heavy atom. The second-order valence-electron chi connectivity index (χ2n) is 3.96. The van der Waals surface area contributed by atoms with E-state index >= 15 is 0 Å². The molecule has 0 saturated heterocycles. The van der Waals surface area contributed by atoms with Crippen molar-refractivity contribution in [2.45, 2.75) is 12.5 Å². The number of pyridine rings is 2. The van der Waals surface area contributed by atoms with Crippen LogP contribution >= 0.6 is 0 Å². The van der Waals surface area contributed by atoms with Gasteiger partial charge in [0.15, 0.2) is 0 Å². The standard InChI is InChI=1S/C13H15FN4/c1-16-11(12-10(14)5-3-6-17-12)8-9-4-2-7-18-13(9)15/h2-7,11,16H,8H2,1H3,(H2,15,18). The average Bonchev–Trinajstić information content (AvgIpc) is 2.39. The summed E-state index contributed by atoms with van der Waals surface area (Å²) in [5, 5.41) is 3.05. The van der Waals surface area contributed by atoms with Gasteiger partial charge in [0.1, 0.15) is 11.6 Å². The first-order valence-electron chi connectivity index (χ1n) is 5.69. The van der Waals surface area contributed by atoms with Crippen LogP contribution in [0.2, 0.25) is 0 Å². The summed E-state index contributed by atoms with van der Waals surface area (Å²) in [6.07, 6.45) is 3.76. The Kier molecular flexibility index (Phi) is 3.84.